The highest BCUT2D eigenvalue weighted by atomic mass is 16.5. The van der Waals surface area contributed by atoms with Crippen molar-refractivity contribution >= 4 is 11.6 Å². The standard InChI is InChI=1S/C11H15N3O2/c1-8-9(12)2-3-10(13-8)11(15)14-4-6-16-7-5-14/h2-3H,4-7,12H2,1H3. The normalized spacial score (nSPS) is 16.2. The van der Waals surface area contributed by atoms with Gasteiger partial charge in [0.05, 0.1) is 24.6 Å². The van der Waals surface area contributed by atoms with Crippen LogP contribution in [0.5, 0.6) is 0 Å². The Hall–Kier alpha value is -1.62. The van der Waals surface area contributed by atoms with E-state index in [1.807, 2.05) is 0 Å². The zero-order valence-electron chi connectivity index (χ0n) is 9.27. The number of hydrogen-bond acceptors (Lipinski definition) is 4. The molecule has 0 aliphatic carbocycles. The third-order valence-electron chi connectivity index (χ3n) is 2.64. The third-order valence-corrected chi connectivity index (χ3v) is 2.64. The topological polar surface area (TPSA) is 68.5 Å². The Labute approximate surface area is 94.2 Å². The lowest BCUT2D eigenvalue weighted by Crippen LogP contribution is -2.41. The molecule has 1 amide bonds. The quantitative estimate of drug-likeness (QED) is 0.747. The first-order chi connectivity index (χ1) is 7.68. The first-order valence-corrected chi connectivity index (χ1v) is 5.28. The van der Waals surface area contributed by atoms with E-state index in [-0.39, 0.29) is 5.91 Å². The van der Waals surface area contributed by atoms with E-state index in [0.29, 0.717) is 43.4 Å². The minimum atomic E-state index is -0.0496. The molecule has 1 fully saturated rings. The van der Waals surface area contributed by atoms with Gasteiger partial charge in [-0.3, -0.25) is 4.79 Å². The van der Waals surface area contributed by atoms with E-state index < -0.39 is 0 Å². The summed E-state index contributed by atoms with van der Waals surface area (Å²) < 4.78 is 5.19. The van der Waals surface area contributed by atoms with Crippen molar-refractivity contribution in [3.05, 3.63) is 23.5 Å². The number of carbonyl (C=O) groups excluding carboxylic acids is 1. The van der Waals surface area contributed by atoms with Gasteiger partial charge in [0, 0.05) is 13.1 Å². The van der Waals surface area contributed by atoms with Gasteiger partial charge in [-0.2, -0.15) is 0 Å². The summed E-state index contributed by atoms with van der Waals surface area (Å²) in [6.45, 7) is 4.25. The molecule has 0 atom stereocenters. The molecule has 1 aromatic rings. The first kappa shape index (κ1) is 10.9. The van der Waals surface area contributed by atoms with Crippen molar-refractivity contribution in [2.24, 2.45) is 0 Å². The van der Waals surface area contributed by atoms with Gasteiger partial charge in [0.2, 0.25) is 0 Å². The van der Waals surface area contributed by atoms with E-state index in [0.717, 1.165) is 0 Å². The van der Waals surface area contributed by atoms with Gasteiger partial charge in [-0.25, -0.2) is 4.98 Å². The molecule has 1 saturated heterocycles. The second-order valence-corrected chi connectivity index (χ2v) is 3.78. The Balaban J connectivity index is 2.16. The molecule has 0 spiro atoms. The van der Waals surface area contributed by atoms with Crippen LogP contribution in [0.4, 0.5) is 5.69 Å². The Kier molecular flexibility index (Phi) is 3.05. The average Bonchev–Trinajstić information content (AvgIpc) is 2.33. The molecule has 2 N–H and O–H groups in total. The van der Waals surface area contributed by atoms with Crippen LogP contribution in [0.25, 0.3) is 0 Å². The van der Waals surface area contributed by atoms with Crippen LogP contribution in [0.15, 0.2) is 12.1 Å². The fourth-order valence-electron chi connectivity index (χ4n) is 1.62. The molecule has 1 aliphatic heterocycles. The minimum Gasteiger partial charge on any atom is -0.397 e. The molecule has 86 valence electrons. The van der Waals surface area contributed by atoms with Crippen molar-refractivity contribution in [1.29, 1.82) is 0 Å². The highest BCUT2D eigenvalue weighted by Gasteiger charge is 2.19. The molecule has 2 rings (SSSR count). The van der Waals surface area contributed by atoms with Crippen LogP contribution in [0, 0.1) is 6.92 Å². The average molecular weight is 221 g/mol. The Morgan fingerprint density at radius 1 is 1.44 bits per heavy atom. The maximum atomic E-state index is 12.0. The van der Waals surface area contributed by atoms with Crippen molar-refractivity contribution in [2.45, 2.75) is 6.92 Å². The molecule has 2 heterocycles. The van der Waals surface area contributed by atoms with Crippen LogP contribution in [-0.4, -0.2) is 42.1 Å². The maximum Gasteiger partial charge on any atom is 0.272 e. The lowest BCUT2D eigenvalue weighted by molar-refractivity contribution is 0.0299. The SMILES string of the molecule is Cc1nc(C(=O)N2CCOCC2)ccc1N. The van der Waals surface area contributed by atoms with Crippen LogP contribution < -0.4 is 5.73 Å². The van der Waals surface area contributed by atoms with Gasteiger partial charge in [-0.1, -0.05) is 0 Å². The molecule has 1 aromatic heterocycles. The highest BCUT2D eigenvalue weighted by molar-refractivity contribution is 5.92. The van der Waals surface area contributed by atoms with Crippen LogP contribution in [0.3, 0.4) is 0 Å². The number of carbonyl (C=O) groups is 1. The van der Waals surface area contributed by atoms with Crippen molar-refractivity contribution in [2.75, 3.05) is 32.0 Å². The molecule has 16 heavy (non-hydrogen) atoms. The fraction of sp³-hybridized carbons (Fsp3) is 0.455. The first-order valence-electron chi connectivity index (χ1n) is 5.28. The van der Waals surface area contributed by atoms with E-state index in [9.17, 15) is 4.79 Å². The number of anilines is 1. The van der Waals surface area contributed by atoms with E-state index in [2.05, 4.69) is 4.98 Å². The number of pyridine rings is 1. The molecular formula is C11H15N3O2. The smallest absolute Gasteiger partial charge is 0.272 e. The summed E-state index contributed by atoms with van der Waals surface area (Å²) in [7, 11) is 0. The fourth-order valence-corrected chi connectivity index (χ4v) is 1.62. The molecule has 5 nitrogen and oxygen atoms in total. The monoisotopic (exact) mass is 221 g/mol. The summed E-state index contributed by atoms with van der Waals surface area (Å²) in [4.78, 5) is 18.0. The van der Waals surface area contributed by atoms with Crippen LogP contribution in [0.1, 0.15) is 16.2 Å². The summed E-state index contributed by atoms with van der Waals surface area (Å²) in [5.41, 5.74) is 7.42. The van der Waals surface area contributed by atoms with Crippen molar-refractivity contribution < 1.29 is 9.53 Å². The van der Waals surface area contributed by atoms with Gasteiger partial charge in [-0.15, -0.1) is 0 Å². The number of hydrogen-bond donors (Lipinski definition) is 1. The largest absolute Gasteiger partial charge is 0.397 e. The molecule has 0 bridgehead atoms. The van der Waals surface area contributed by atoms with Crippen LogP contribution in [-0.2, 0) is 4.74 Å². The molecule has 0 saturated carbocycles. The van der Waals surface area contributed by atoms with E-state index in [4.69, 9.17) is 10.5 Å². The second-order valence-electron chi connectivity index (χ2n) is 3.78. The molecular weight excluding hydrogens is 206 g/mol. The Bertz CT molecular complexity index is 400. The summed E-state index contributed by atoms with van der Waals surface area (Å²) in [5.74, 6) is -0.0496. The number of nitrogen functional groups attached to an aromatic ring is 1. The van der Waals surface area contributed by atoms with Crippen molar-refractivity contribution in [1.82, 2.24) is 9.88 Å². The summed E-state index contributed by atoms with van der Waals surface area (Å²) in [6.07, 6.45) is 0. The van der Waals surface area contributed by atoms with Gasteiger partial charge >= 0.3 is 0 Å². The number of amides is 1. The lowest BCUT2D eigenvalue weighted by atomic mass is 10.2. The van der Waals surface area contributed by atoms with Gasteiger partial charge in [0.25, 0.3) is 5.91 Å². The van der Waals surface area contributed by atoms with Crippen molar-refractivity contribution in [3.8, 4) is 0 Å². The van der Waals surface area contributed by atoms with Gasteiger partial charge in [0.1, 0.15) is 5.69 Å². The Morgan fingerprint density at radius 3 is 2.75 bits per heavy atom. The highest BCUT2D eigenvalue weighted by Crippen LogP contribution is 2.11. The molecule has 5 heteroatoms. The van der Waals surface area contributed by atoms with E-state index >= 15 is 0 Å². The number of ether oxygens (including phenoxy) is 1. The van der Waals surface area contributed by atoms with Crippen LogP contribution >= 0.6 is 0 Å². The number of morpholine rings is 1. The van der Waals surface area contributed by atoms with Crippen molar-refractivity contribution in [3.63, 3.8) is 0 Å². The minimum absolute atomic E-state index is 0.0496. The zero-order chi connectivity index (χ0) is 11.5. The number of aromatic nitrogens is 1. The number of nitrogens with two attached hydrogens (primary N) is 1. The summed E-state index contributed by atoms with van der Waals surface area (Å²) in [5, 5.41) is 0. The lowest BCUT2D eigenvalue weighted by Gasteiger charge is -2.26. The predicted octanol–water partition coefficient (Wildman–Crippen LogP) is 0.445. The third kappa shape index (κ3) is 2.14. The number of rotatable bonds is 1. The second kappa shape index (κ2) is 4.49. The molecule has 0 unspecified atom stereocenters. The molecule has 0 aromatic carbocycles. The van der Waals surface area contributed by atoms with Gasteiger partial charge < -0.3 is 15.4 Å². The number of aryl methyl sites for hydroxylation is 1. The number of nitrogens with zero attached hydrogens (tertiary/aromatic N) is 2. The van der Waals surface area contributed by atoms with Gasteiger partial charge in [-0.05, 0) is 19.1 Å². The summed E-state index contributed by atoms with van der Waals surface area (Å²) in [6, 6.07) is 3.39. The van der Waals surface area contributed by atoms with Crippen LogP contribution in [0.2, 0.25) is 0 Å². The summed E-state index contributed by atoms with van der Waals surface area (Å²) >= 11 is 0. The molecule has 0 radical (unpaired) electrons. The predicted molar refractivity (Wildman–Crippen MR) is 60.1 cm³/mol. The Morgan fingerprint density at radius 2 is 2.12 bits per heavy atom. The van der Waals surface area contributed by atoms with Gasteiger partial charge in [0.15, 0.2) is 0 Å². The maximum absolute atomic E-state index is 12.0. The zero-order valence-corrected chi connectivity index (χ0v) is 9.27. The van der Waals surface area contributed by atoms with E-state index in [1.54, 1.807) is 24.0 Å². The molecule has 1 aliphatic rings. The van der Waals surface area contributed by atoms with E-state index in [1.165, 1.54) is 0 Å².